The van der Waals surface area contributed by atoms with E-state index < -0.39 is 6.09 Å². The fraction of sp³-hybridized carbons (Fsp3) is 0.348. The lowest BCUT2D eigenvalue weighted by Gasteiger charge is -2.30. The number of carbonyl (C=O) groups excluding carboxylic acids is 1. The van der Waals surface area contributed by atoms with Gasteiger partial charge in [-0.05, 0) is 57.0 Å². The number of hydrogen-bond donors (Lipinski definition) is 3. The molecule has 1 aromatic carbocycles. The van der Waals surface area contributed by atoms with E-state index in [-0.39, 0.29) is 23.7 Å². The Kier molecular flexibility index (Phi) is 5.94. The molecule has 0 radical (unpaired) electrons. The van der Waals surface area contributed by atoms with Crippen LogP contribution in [0.25, 0.3) is 10.9 Å². The van der Waals surface area contributed by atoms with E-state index in [1.807, 2.05) is 18.2 Å². The van der Waals surface area contributed by atoms with Gasteiger partial charge in [0, 0.05) is 28.0 Å². The number of halogens is 1. The second-order valence-electron chi connectivity index (χ2n) is 8.38. The normalized spacial score (nSPS) is 16.5. The van der Waals surface area contributed by atoms with E-state index in [1.165, 1.54) is 4.90 Å². The van der Waals surface area contributed by atoms with Gasteiger partial charge in [0.2, 0.25) is 5.95 Å². The van der Waals surface area contributed by atoms with Crippen LogP contribution in [0.2, 0.25) is 0 Å². The van der Waals surface area contributed by atoms with E-state index in [2.05, 4.69) is 41.5 Å². The minimum absolute atomic E-state index is 0.0460. The van der Waals surface area contributed by atoms with Crippen molar-refractivity contribution in [3.8, 4) is 0 Å². The molecule has 1 saturated heterocycles. The quantitative estimate of drug-likeness (QED) is 0.418. The number of ketones is 1. The molecule has 9 nitrogen and oxygen atoms in total. The van der Waals surface area contributed by atoms with Crippen molar-refractivity contribution in [1.82, 2.24) is 20.3 Å². The van der Waals surface area contributed by atoms with Crippen LogP contribution in [0.3, 0.4) is 0 Å². The molecule has 3 aromatic rings. The molecule has 3 N–H and O–H groups in total. The van der Waals surface area contributed by atoms with Crippen molar-refractivity contribution in [3.05, 3.63) is 46.8 Å². The van der Waals surface area contributed by atoms with Crippen LogP contribution >= 0.6 is 15.9 Å². The summed E-state index contributed by atoms with van der Waals surface area (Å²) in [6.07, 6.45) is 6.87. The van der Waals surface area contributed by atoms with Crippen LogP contribution in [0, 0.1) is 5.92 Å². The van der Waals surface area contributed by atoms with Gasteiger partial charge in [0.15, 0.2) is 5.78 Å². The van der Waals surface area contributed by atoms with Gasteiger partial charge in [-0.25, -0.2) is 19.7 Å². The zero-order valence-corrected chi connectivity index (χ0v) is 19.4. The number of fused-ring (bicyclic) bond motifs is 1. The van der Waals surface area contributed by atoms with Gasteiger partial charge in [-0.1, -0.05) is 15.9 Å². The highest BCUT2D eigenvalue weighted by Crippen LogP contribution is 2.38. The van der Waals surface area contributed by atoms with Gasteiger partial charge in [0.05, 0.1) is 34.8 Å². The summed E-state index contributed by atoms with van der Waals surface area (Å²) in [6, 6.07) is 5.55. The molecule has 2 aromatic heterocycles. The van der Waals surface area contributed by atoms with Crippen molar-refractivity contribution in [2.75, 3.05) is 23.3 Å². The van der Waals surface area contributed by atoms with Gasteiger partial charge in [-0.15, -0.1) is 0 Å². The van der Waals surface area contributed by atoms with Crippen molar-refractivity contribution >= 4 is 56.0 Å². The summed E-state index contributed by atoms with van der Waals surface area (Å²) in [4.78, 5) is 39.2. The molecule has 3 heterocycles. The number of carboxylic acid groups (broad SMARTS) is 1. The number of hydrogen-bond acceptors (Lipinski definition) is 7. The average Bonchev–Trinajstić information content (AvgIpc) is 3.66. The van der Waals surface area contributed by atoms with E-state index in [9.17, 15) is 14.7 Å². The monoisotopic (exact) mass is 510 g/mol. The predicted molar refractivity (Wildman–Crippen MR) is 128 cm³/mol. The average molecular weight is 511 g/mol. The lowest BCUT2D eigenvalue weighted by Crippen LogP contribution is -2.46. The number of piperidine rings is 1. The van der Waals surface area contributed by atoms with E-state index >= 15 is 0 Å². The third-order valence-electron chi connectivity index (χ3n) is 6.05. The maximum absolute atomic E-state index is 12.9. The highest BCUT2D eigenvalue weighted by Gasteiger charge is 2.33. The molecule has 2 fully saturated rings. The number of Topliss-reactive ketones (excluding diaryl/α,β-unsaturated/α-hetero) is 1. The number of benzene rings is 1. The van der Waals surface area contributed by atoms with Crippen LogP contribution in [-0.2, 0) is 0 Å². The SMILES string of the molecule is O=C(c1cnc2ccc(Br)cc2c1Nc1cnc(N(C(=O)O)C2CCNCC2)nc1)C1CC1. The van der Waals surface area contributed by atoms with E-state index in [0.29, 0.717) is 29.8 Å². The number of rotatable bonds is 6. The van der Waals surface area contributed by atoms with Gasteiger partial charge in [0.1, 0.15) is 0 Å². The lowest BCUT2D eigenvalue weighted by molar-refractivity contribution is 0.0968. The van der Waals surface area contributed by atoms with Gasteiger partial charge < -0.3 is 15.7 Å². The van der Waals surface area contributed by atoms with Crippen molar-refractivity contribution in [2.45, 2.75) is 31.7 Å². The van der Waals surface area contributed by atoms with E-state index in [1.54, 1.807) is 18.6 Å². The topological polar surface area (TPSA) is 120 Å². The fourth-order valence-corrected chi connectivity index (χ4v) is 4.54. The second kappa shape index (κ2) is 9.03. The first-order valence-corrected chi connectivity index (χ1v) is 11.7. The fourth-order valence-electron chi connectivity index (χ4n) is 4.18. The van der Waals surface area contributed by atoms with Crippen molar-refractivity contribution in [1.29, 1.82) is 0 Å². The number of pyridine rings is 1. The molecular weight excluding hydrogens is 488 g/mol. The Hall–Kier alpha value is -3.11. The Morgan fingerprint density at radius 1 is 1.06 bits per heavy atom. The molecule has 10 heteroatoms. The van der Waals surface area contributed by atoms with Crippen LogP contribution in [0.5, 0.6) is 0 Å². The summed E-state index contributed by atoms with van der Waals surface area (Å²) < 4.78 is 0.876. The van der Waals surface area contributed by atoms with Crippen LogP contribution in [0.15, 0.2) is 41.3 Å². The molecule has 1 saturated carbocycles. The largest absolute Gasteiger partial charge is 0.465 e. The third kappa shape index (κ3) is 4.53. The van der Waals surface area contributed by atoms with Gasteiger partial charge >= 0.3 is 6.09 Å². The number of aromatic nitrogens is 3. The lowest BCUT2D eigenvalue weighted by atomic mass is 10.0. The number of carbonyl (C=O) groups is 2. The Labute approximate surface area is 198 Å². The van der Waals surface area contributed by atoms with Crippen LogP contribution in [0.4, 0.5) is 22.1 Å². The molecule has 0 unspecified atom stereocenters. The van der Waals surface area contributed by atoms with Gasteiger partial charge in [0.25, 0.3) is 0 Å². The predicted octanol–water partition coefficient (Wildman–Crippen LogP) is 4.36. The van der Waals surface area contributed by atoms with Crippen molar-refractivity contribution in [2.24, 2.45) is 5.92 Å². The number of nitrogens with zero attached hydrogens (tertiary/aromatic N) is 4. The molecular formula is C23H23BrN6O3. The molecule has 5 rings (SSSR count). The summed E-state index contributed by atoms with van der Waals surface area (Å²) in [7, 11) is 0. The molecule has 0 atom stereocenters. The summed E-state index contributed by atoms with van der Waals surface area (Å²) in [5.41, 5.74) is 2.51. The first-order chi connectivity index (χ1) is 16.0. The minimum atomic E-state index is -1.06. The molecule has 33 heavy (non-hydrogen) atoms. The second-order valence-corrected chi connectivity index (χ2v) is 9.29. The maximum atomic E-state index is 12.9. The third-order valence-corrected chi connectivity index (χ3v) is 6.54. The standard InChI is InChI=1S/C23H23BrN6O3/c24-14-3-4-19-17(9-14)20(18(12-26-19)21(31)13-1-2-13)29-15-10-27-22(28-11-15)30(23(32)33)16-5-7-25-8-6-16/h3-4,9-13,16,25H,1-2,5-8H2,(H,26,29)(H,32,33). The minimum Gasteiger partial charge on any atom is -0.465 e. The molecule has 170 valence electrons. The maximum Gasteiger partial charge on any atom is 0.414 e. The zero-order valence-electron chi connectivity index (χ0n) is 17.8. The van der Waals surface area contributed by atoms with Gasteiger partial charge in [-0.2, -0.15) is 0 Å². The number of anilines is 3. The first kappa shape index (κ1) is 21.7. The van der Waals surface area contributed by atoms with Crippen LogP contribution in [0.1, 0.15) is 36.0 Å². The van der Waals surface area contributed by atoms with Crippen molar-refractivity contribution < 1.29 is 14.7 Å². The smallest absolute Gasteiger partial charge is 0.414 e. The molecule has 1 amide bonds. The Morgan fingerprint density at radius 2 is 1.79 bits per heavy atom. The highest BCUT2D eigenvalue weighted by molar-refractivity contribution is 9.10. The first-order valence-electron chi connectivity index (χ1n) is 11.0. The van der Waals surface area contributed by atoms with E-state index in [4.69, 9.17) is 0 Å². The molecule has 1 aliphatic heterocycles. The summed E-state index contributed by atoms with van der Waals surface area (Å²) in [5, 5.41) is 17.1. The van der Waals surface area contributed by atoms with E-state index in [0.717, 1.165) is 41.3 Å². The summed E-state index contributed by atoms with van der Waals surface area (Å²) in [5.74, 6) is 0.272. The van der Waals surface area contributed by atoms with Crippen LogP contribution < -0.4 is 15.5 Å². The molecule has 0 spiro atoms. The number of nitrogens with one attached hydrogen (secondary N) is 2. The number of amides is 1. The van der Waals surface area contributed by atoms with Gasteiger partial charge in [-0.3, -0.25) is 9.78 Å². The zero-order chi connectivity index (χ0) is 22.9. The summed E-state index contributed by atoms with van der Waals surface area (Å²) >= 11 is 3.50. The molecule has 2 aliphatic rings. The summed E-state index contributed by atoms with van der Waals surface area (Å²) in [6.45, 7) is 1.52. The highest BCUT2D eigenvalue weighted by atomic mass is 79.9. The van der Waals surface area contributed by atoms with Crippen LogP contribution in [-0.4, -0.2) is 51.1 Å². The Morgan fingerprint density at radius 3 is 2.45 bits per heavy atom. The molecule has 0 bridgehead atoms. The molecule has 1 aliphatic carbocycles. The Bertz CT molecular complexity index is 1210. The van der Waals surface area contributed by atoms with Crippen molar-refractivity contribution in [3.63, 3.8) is 0 Å². The Balaban J connectivity index is 1.48.